The van der Waals surface area contributed by atoms with Crippen LogP contribution in [0.3, 0.4) is 0 Å². The van der Waals surface area contributed by atoms with Gasteiger partial charge in [-0.05, 0) is 79.3 Å². The van der Waals surface area contributed by atoms with Gasteiger partial charge in [-0.2, -0.15) is 0 Å². The quantitative estimate of drug-likeness (QED) is 0.208. The molecule has 0 saturated heterocycles. The van der Waals surface area contributed by atoms with E-state index in [1.54, 1.807) is 0 Å². The molecule has 1 aliphatic heterocycles. The largest absolute Gasteiger partial charge is 0.336 e. The highest BCUT2D eigenvalue weighted by Crippen LogP contribution is 2.52. The maximum Gasteiger partial charge on any atom is 0.140 e. The summed E-state index contributed by atoms with van der Waals surface area (Å²) >= 11 is 0. The van der Waals surface area contributed by atoms with Gasteiger partial charge in [0, 0.05) is 27.8 Å². The molecule has 2 atom stereocenters. The average molecular weight is 581 g/mol. The van der Waals surface area contributed by atoms with Crippen LogP contribution in [0.2, 0.25) is 0 Å². The monoisotopic (exact) mass is 580 g/mol. The van der Waals surface area contributed by atoms with E-state index in [0.717, 1.165) is 37.3 Å². The smallest absolute Gasteiger partial charge is 0.140 e. The van der Waals surface area contributed by atoms with Crippen molar-refractivity contribution in [1.82, 2.24) is 14.1 Å². The minimum atomic E-state index is 0.290. The molecule has 2 unspecified atom stereocenters. The van der Waals surface area contributed by atoms with E-state index in [2.05, 4.69) is 148 Å². The Morgan fingerprint density at radius 1 is 0.644 bits per heavy atom. The van der Waals surface area contributed by atoms with Gasteiger partial charge in [0.1, 0.15) is 11.6 Å². The topological polar surface area (TPSA) is 26.0 Å². The lowest BCUT2D eigenvalue weighted by molar-refractivity contribution is 0.702. The number of hydrogen-bond donors (Lipinski definition) is 0. The van der Waals surface area contributed by atoms with Gasteiger partial charge in [-0.3, -0.25) is 9.13 Å². The fourth-order valence-electron chi connectivity index (χ4n) is 8.33. The van der Waals surface area contributed by atoms with Crippen molar-refractivity contribution in [1.29, 1.82) is 0 Å². The fraction of sp³-hybridized carbons (Fsp3) is 0.146. The first kappa shape index (κ1) is 25.0. The lowest BCUT2D eigenvalue weighted by Gasteiger charge is -2.32. The van der Waals surface area contributed by atoms with Crippen LogP contribution in [-0.2, 0) is 6.42 Å². The molecule has 4 aliphatic rings. The number of fused-ring (bicyclic) bond motifs is 10. The lowest BCUT2D eigenvalue weighted by Crippen LogP contribution is -2.32. The van der Waals surface area contributed by atoms with E-state index in [-0.39, 0.29) is 6.04 Å². The summed E-state index contributed by atoms with van der Waals surface area (Å²) in [5, 5.41) is 3.91. The third kappa shape index (κ3) is 3.51. The van der Waals surface area contributed by atoms with Gasteiger partial charge in [0.05, 0.1) is 34.0 Å². The number of hydrogen-bond acceptors (Lipinski definition) is 2. The highest BCUT2D eigenvalue weighted by atomic mass is 15.2. The number of pyridine rings is 1. The number of benzene rings is 3. The number of anilines is 1. The van der Waals surface area contributed by atoms with Crippen molar-refractivity contribution in [2.45, 2.75) is 37.6 Å². The molecule has 3 aromatic carbocycles. The first-order valence-electron chi connectivity index (χ1n) is 16.2. The van der Waals surface area contributed by atoms with Crippen molar-refractivity contribution in [3.8, 4) is 11.6 Å². The summed E-state index contributed by atoms with van der Waals surface area (Å²) in [7, 11) is 0. The Balaban J connectivity index is 1.24. The van der Waals surface area contributed by atoms with E-state index in [0.29, 0.717) is 5.92 Å². The first-order valence-corrected chi connectivity index (χ1v) is 16.2. The zero-order valence-electron chi connectivity index (χ0n) is 25.0. The molecule has 0 bridgehead atoms. The molecule has 0 fully saturated rings. The predicted octanol–water partition coefficient (Wildman–Crippen LogP) is 9.71. The normalized spacial score (nSPS) is 19.8. The Bertz CT molecular complexity index is 2350. The van der Waals surface area contributed by atoms with Crippen LogP contribution in [0, 0.1) is 0 Å². The standard InChI is InChI=1S/C41H32N4/c1-2-13-27(14-3-1)43-33-19-8-6-17-30(33)31-25-26-37-40(41(31)43)32-18-7-11-22-36(32)45(37)39-24-12-23-38(42-39)44-34-20-9-4-15-28(34)29-16-5-10-21-35(29)44/h1-2,4,6-13,15,17-26,30,33H,3,5,14,16H2. The predicted molar refractivity (Wildman–Crippen MR) is 187 cm³/mol. The maximum absolute atomic E-state index is 5.43. The van der Waals surface area contributed by atoms with Crippen molar-refractivity contribution >= 4 is 44.5 Å². The number of aromatic nitrogens is 3. The Kier molecular flexibility index (Phi) is 5.32. The molecule has 10 rings (SSSR count). The Morgan fingerprint density at radius 2 is 1.42 bits per heavy atom. The average Bonchev–Trinajstić information content (AvgIpc) is 3.74. The van der Waals surface area contributed by atoms with E-state index in [1.165, 1.54) is 60.9 Å². The third-order valence-corrected chi connectivity index (χ3v) is 10.2. The number of allylic oxidation sites excluding steroid dienone is 7. The van der Waals surface area contributed by atoms with Crippen LogP contribution in [0.4, 0.5) is 5.69 Å². The summed E-state index contributed by atoms with van der Waals surface area (Å²) in [4.78, 5) is 8.06. The SMILES string of the molecule is C1=CCCC(N2c3c(ccc4c3c3ccccc3n4-c3cccc(-n4c5c(c6ccccc64)CCC=C5)n3)C3C=CC=CC32)=C1. The van der Waals surface area contributed by atoms with Gasteiger partial charge in [-0.15, -0.1) is 0 Å². The highest BCUT2D eigenvalue weighted by Gasteiger charge is 2.40. The molecule has 45 heavy (non-hydrogen) atoms. The van der Waals surface area contributed by atoms with E-state index in [1.807, 2.05) is 0 Å². The lowest BCUT2D eigenvalue weighted by atomic mass is 9.91. The highest BCUT2D eigenvalue weighted by molar-refractivity contribution is 6.16. The Labute approximate surface area is 262 Å². The summed E-state index contributed by atoms with van der Waals surface area (Å²) in [5.74, 6) is 2.23. The summed E-state index contributed by atoms with van der Waals surface area (Å²) in [6.45, 7) is 0. The van der Waals surface area contributed by atoms with E-state index in [4.69, 9.17) is 4.98 Å². The molecule has 0 spiro atoms. The van der Waals surface area contributed by atoms with Crippen molar-refractivity contribution in [3.05, 3.63) is 150 Å². The van der Waals surface area contributed by atoms with Gasteiger partial charge < -0.3 is 4.90 Å². The molecule has 0 N–H and O–H groups in total. The third-order valence-electron chi connectivity index (χ3n) is 10.2. The van der Waals surface area contributed by atoms with Crippen molar-refractivity contribution in [2.24, 2.45) is 0 Å². The summed E-state index contributed by atoms with van der Waals surface area (Å²) in [6.07, 6.45) is 24.9. The number of rotatable bonds is 3. The first-order chi connectivity index (χ1) is 22.4. The number of para-hydroxylation sites is 2. The second-order valence-corrected chi connectivity index (χ2v) is 12.5. The van der Waals surface area contributed by atoms with Crippen molar-refractivity contribution in [2.75, 3.05) is 4.90 Å². The Hall–Kier alpha value is -5.35. The van der Waals surface area contributed by atoms with Crippen molar-refractivity contribution < 1.29 is 0 Å². The minimum absolute atomic E-state index is 0.290. The molecule has 4 heteroatoms. The molecular weight excluding hydrogens is 548 g/mol. The number of nitrogens with zero attached hydrogens (tertiary/aromatic N) is 4. The molecular formula is C41H32N4. The molecule has 3 aromatic heterocycles. The zero-order chi connectivity index (χ0) is 29.5. The summed E-state index contributed by atoms with van der Waals surface area (Å²) < 4.78 is 4.73. The van der Waals surface area contributed by atoms with Gasteiger partial charge >= 0.3 is 0 Å². The van der Waals surface area contributed by atoms with Gasteiger partial charge in [0.2, 0.25) is 0 Å². The molecule has 0 radical (unpaired) electrons. The second kappa shape index (κ2) is 9.57. The molecule has 0 saturated carbocycles. The molecule has 216 valence electrons. The van der Waals surface area contributed by atoms with Gasteiger partial charge in [0.25, 0.3) is 0 Å². The molecule has 6 aromatic rings. The minimum Gasteiger partial charge on any atom is -0.336 e. The van der Waals surface area contributed by atoms with E-state index < -0.39 is 0 Å². The van der Waals surface area contributed by atoms with Crippen LogP contribution in [0.15, 0.2) is 133 Å². The van der Waals surface area contributed by atoms with Gasteiger partial charge in [-0.1, -0.05) is 91.1 Å². The summed E-state index contributed by atoms with van der Waals surface area (Å²) in [5.41, 5.74) is 10.4. The Morgan fingerprint density at radius 3 is 2.29 bits per heavy atom. The van der Waals surface area contributed by atoms with Gasteiger partial charge in [-0.25, -0.2) is 4.98 Å². The van der Waals surface area contributed by atoms with Crippen LogP contribution in [-0.4, -0.2) is 20.2 Å². The van der Waals surface area contributed by atoms with Gasteiger partial charge in [0.15, 0.2) is 0 Å². The fourth-order valence-corrected chi connectivity index (χ4v) is 8.33. The van der Waals surface area contributed by atoms with E-state index >= 15 is 0 Å². The van der Waals surface area contributed by atoms with Crippen LogP contribution < -0.4 is 4.90 Å². The summed E-state index contributed by atoms with van der Waals surface area (Å²) in [6, 6.07) is 29.1. The van der Waals surface area contributed by atoms with Crippen LogP contribution in [0.5, 0.6) is 0 Å². The van der Waals surface area contributed by atoms with Crippen LogP contribution in [0.25, 0.3) is 50.4 Å². The molecule has 4 nitrogen and oxygen atoms in total. The second-order valence-electron chi connectivity index (χ2n) is 12.5. The van der Waals surface area contributed by atoms with Crippen LogP contribution in [0.1, 0.15) is 42.0 Å². The van der Waals surface area contributed by atoms with E-state index in [9.17, 15) is 0 Å². The molecule has 4 heterocycles. The molecule has 3 aliphatic carbocycles. The number of aryl methyl sites for hydroxylation is 1. The zero-order valence-corrected chi connectivity index (χ0v) is 25.0. The van der Waals surface area contributed by atoms with Crippen molar-refractivity contribution in [3.63, 3.8) is 0 Å². The maximum atomic E-state index is 5.43. The molecule has 0 amide bonds. The van der Waals surface area contributed by atoms with Crippen LogP contribution >= 0.6 is 0 Å².